The number of ether oxygens (including phenoxy) is 2. The molecule has 7 nitrogen and oxygen atoms in total. The van der Waals surface area contributed by atoms with Crippen LogP contribution in [0.25, 0.3) is 6.08 Å². The maximum Gasteiger partial charge on any atom is 0.328 e. The lowest BCUT2D eigenvalue weighted by Gasteiger charge is -2.12. The first-order chi connectivity index (χ1) is 12.0. The summed E-state index contributed by atoms with van der Waals surface area (Å²) in [6.07, 6.45) is 2.51. The Kier molecular flexibility index (Phi) is 6.11. The summed E-state index contributed by atoms with van der Waals surface area (Å²) in [5.41, 5.74) is 1.48. The van der Waals surface area contributed by atoms with Crippen molar-refractivity contribution in [2.75, 3.05) is 6.61 Å². The van der Waals surface area contributed by atoms with Crippen LogP contribution >= 0.6 is 0 Å². The second-order valence-electron chi connectivity index (χ2n) is 5.02. The lowest BCUT2D eigenvalue weighted by Crippen LogP contribution is -2.00. The van der Waals surface area contributed by atoms with Crippen LogP contribution in [0.4, 0.5) is 5.69 Å². The molecule has 0 heterocycles. The molecule has 0 aliphatic carbocycles. The number of nitro benzene ring substituents is 1. The van der Waals surface area contributed by atoms with Gasteiger partial charge >= 0.3 is 5.97 Å². The van der Waals surface area contributed by atoms with E-state index < -0.39 is 10.9 Å². The van der Waals surface area contributed by atoms with E-state index in [0.29, 0.717) is 23.7 Å². The normalized spacial score (nSPS) is 10.6. The first-order valence-corrected chi connectivity index (χ1v) is 7.53. The number of hydrogen-bond donors (Lipinski definition) is 1. The van der Waals surface area contributed by atoms with Gasteiger partial charge in [0, 0.05) is 18.2 Å². The number of carbonyl (C=O) groups is 1. The van der Waals surface area contributed by atoms with Crippen LogP contribution in [0.5, 0.6) is 11.5 Å². The van der Waals surface area contributed by atoms with E-state index in [-0.39, 0.29) is 12.3 Å². The van der Waals surface area contributed by atoms with Crippen molar-refractivity contribution in [3.8, 4) is 11.5 Å². The highest BCUT2D eigenvalue weighted by Crippen LogP contribution is 2.30. The third-order valence-corrected chi connectivity index (χ3v) is 3.23. The highest BCUT2D eigenvalue weighted by Gasteiger charge is 2.08. The molecule has 0 fully saturated rings. The van der Waals surface area contributed by atoms with Crippen molar-refractivity contribution in [3.63, 3.8) is 0 Å². The smallest absolute Gasteiger partial charge is 0.328 e. The largest absolute Gasteiger partial charge is 0.490 e. The summed E-state index contributed by atoms with van der Waals surface area (Å²) < 4.78 is 11.2. The fraction of sp³-hybridized carbons (Fsp3) is 0.167. The number of benzene rings is 2. The molecular formula is C18H17NO6. The number of carboxylic acids is 1. The number of nitrogens with zero attached hydrogens (tertiary/aromatic N) is 1. The quantitative estimate of drug-likeness (QED) is 0.446. The average Bonchev–Trinajstić information content (AvgIpc) is 2.59. The molecule has 0 saturated carbocycles. The number of carboxylic acid groups (broad SMARTS) is 1. The zero-order valence-electron chi connectivity index (χ0n) is 13.5. The molecule has 25 heavy (non-hydrogen) atoms. The van der Waals surface area contributed by atoms with Crippen molar-refractivity contribution in [1.82, 2.24) is 0 Å². The standard InChI is InChI=1S/C18H17NO6/c1-2-24-17-11-13(6-10-18(20)21)5-9-16(17)25-12-14-3-7-15(8-4-14)19(22)23/h3-11H,2,12H2,1H3,(H,20,21). The van der Waals surface area contributed by atoms with E-state index in [1.807, 2.05) is 6.92 Å². The van der Waals surface area contributed by atoms with E-state index in [1.165, 1.54) is 18.2 Å². The molecule has 0 saturated heterocycles. The molecule has 0 unspecified atom stereocenters. The van der Waals surface area contributed by atoms with Crippen molar-refractivity contribution < 1.29 is 24.3 Å². The van der Waals surface area contributed by atoms with Crippen LogP contribution in [0.15, 0.2) is 48.5 Å². The van der Waals surface area contributed by atoms with Gasteiger partial charge in [-0.25, -0.2) is 4.79 Å². The van der Waals surface area contributed by atoms with Gasteiger partial charge in [0.15, 0.2) is 11.5 Å². The summed E-state index contributed by atoms with van der Waals surface area (Å²) in [6, 6.07) is 11.2. The molecule has 2 aromatic rings. The SMILES string of the molecule is CCOc1cc(C=CC(=O)O)ccc1OCc1ccc([N+](=O)[O-])cc1. The molecule has 0 aliphatic heterocycles. The minimum absolute atomic E-state index is 0.0216. The summed E-state index contributed by atoms with van der Waals surface area (Å²) in [5.74, 6) is -0.0268. The molecule has 0 bridgehead atoms. The molecule has 7 heteroatoms. The fourth-order valence-electron chi connectivity index (χ4n) is 2.06. The number of hydrogen-bond acceptors (Lipinski definition) is 5. The predicted octanol–water partition coefficient (Wildman–Crippen LogP) is 3.67. The van der Waals surface area contributed by atoms with E-state index in [0.717, 1.165) is 11.6 Å². The van der Waals surface area contributed by atoms with Gasteiger partial charge in [0.05, 0.1) is 11.5 Å². The maximum absolute atomic E-state index is 10.7. The van der Waals surface area contributed by atoms with Crippen molar-refractivity contribution >= 4 is 17.7 Å². The molecule has 0 radical (unpaired) electrons. The second-order valence-corrected chi connectivity index (χ2v) is 5.02. The van der Waals surface area contributed by atoms with Crippen molar-refractivity contribution in [3.05, 3.63) is 69.8 Å². The van der Waals surface area contributed by atoms with Crippen LogP contribution in [-0.4, -0.2) is 22.6 Å². The fourth-order valence-corrected chi connectivity index (χ4v) is 2.06. The Hall–Kier alpha value is -3.35. The molecule has 2 rings (SSSR count). The molecular weight excluding hydrogens is 326 g/mol. The monoisotopic (exact) mass is 343 g/mol. The third kappa shape index (κ3) is 5.35. The Morgan fingerprint density at radius 1 is 1.16 bits per heavy atom. The van der Waals surface area contributed by atoms with Crippen LogP contribution in [0.2, 0.25) is 0 Å². The van der Waals surface area contributed by atoms with Gasteiger partial charge in [-0.3, -0.25) is 10.1 Å². The maximum atomic E-state index is 10.7. The molecule has 130 valence electrons. The van der Waals surface area contributed by atoms with Gasteiger partial charge in [-0.1, -0.05) is 6.07 Å². The number of aliphatic carboxylic acids is 1. The highest BCUT2D eigenvalue weighted by molar-refractivity contribution is 5.85. The minimum atomic E-state index is -1.03. The molecule has 0 atom stereocenters. The zero-order chi connectivity index (χ0) is 18.2. The van der Waals surface area contributed by atoms with Crippen molar-refractivity contribution in [2.45, 2.75) is 13.5 Å². The molecule has 0 aromatic heterocycles. The number of rotatable bonds is 8. The molecule has 2 aromatic carbocycles. The van der Waals surface area contributed by atoms with Gasteiger partial charge in [0.1, 0.15) is 6.61 Å². The summed E-state index contributed by atoms with van der Waals surface area (Å²) >= 11 is 0. The van der Waals surface area contributed by atoms with E-state index in [2.05, 4.69) is 0 Å². The van der Waals surface area contributed by atoms with E-state index in [1.54, 1.807) is 30.3 Å². The van der Waals surface area contributed by atoms with Crippen LogP contribution in [0.3, 0.4) is 0 Å². The van der Waals surface area contributed by atoms with Gasteiger partial charge in [0.2, 0.25) is 0 Å². The number of non-ortho nitro benzene ring substituents is 1. The van der Waals surface area contributed by atoms with Gasteiger partial charge in [-0.05, 0) is 48.4 Å². The third-order valence-electron chi connectivity index (χ3n) is 3.23. The lowest BCUT2D eigenvalue weighted by molar-refractivity contribution is -0.384. The van der Waals surface area contributed by atoms with Gasteiger partial charge in [0.25, 0.3) is 5.69 Å². The zero-order valence-corrected chi connectivity index (χ0v) is 13.5. The van der Waals surface area contributed by atoms with Crippen molar-refractivity contribution in [2.24, 2.45) is 0 Å². The second kappa shape index (κ2) is 8.49. The van der Waals surface area contributed by atoms with Crippen molar-refractivity contribution in [1.29, 1.82) is 0 Å². The first-order valence-electron chi connectivity index (χ1n) is 7.53. The van der Waals surface area contributed by atoms with Gasteiger partial charge < -0.3 is 14.6 Å². The molecule has 0 amide bonds. The van der Waals surface area contributed by atoms with Gasteiger partial charge in [-0.2, -0.15) is 0 Å². The highest BCUT2D eigenvalue weighted by atomic mass is 16.6. The predicted molar refractivity (Wildman–Crippen MR) is 91.7 cm³/mol. The topological polar surface area (TPSA) is 98.9 Å². The minimum Gasteiger partial charge on any atom is -0.490 e. The molecule has 0 spiro atoms. The Bertz CT molecular complexity index is 783. The van der Waals surface area contributed by atoms with Crippen LogP contribution in [0, 0.1) is 10.1 Å². The molecule has 0 aliphatic rings. The van der Waals surface area contributed by atoms with Crippen LogP contribution in [-0.2, 0) is 11.4 Å². The van der Waals surface area contributed by atoms with Crippen LogP contribution in [0.1, 0.15) is 18.1 Å². The summed E-state index contributed by atoms with van der Waals surface area (Å²) in [4.78, 5) is 20.8. The Morgan fingerprint density at radius 2 is 1.88 bits per heavy atom. The molecule has 1 N–H and O–H groups in total. The summed E-state index contributed by atoms with van der Waals surface area (Å²) in [6.45, 7) is 2.49. The Morgan fingerprint density at radius 3 is 2.48 bits per heavy atom. The number of nitro groups is 1. The Labute approximate surface area is 144 Å². The van der Waals surface area contributed by atoms with E-state index in [4.69, 9.17) is 14.6 Å². The van der Waals surface area contributed by atoms with E-state index in [9.17, 15) is 14.9 Å². The van der Waals surface area contributed by atoms with Gasteiger partial charge in [-0.15, -0.1) is 0 Å². The average molecular weight is 343 g/mol. The summed E-state index contributed by atoms with van der Waals surface area (Å²) in [7, 11) is 0. The Balaban J connectivity index is 2.12. The van der Waals surface area contributed by atoms with Crippen LogP contribution < -0.4 is 9.47 Å². The first kappa shape index (κ1) is 18.0. The lowest BCUT2D eigenvalue weighted by atomic mass is 10.2. The summed E-state index contributed by atoms with van der Waals surface area (Å²) in [5, 5.41) is 19.3. The van der Waals surface area contributed by atoms with E-state index >= 15 is 0 Å².